The predicted molar refractivity (Wildman–Crippen MR) is 64.8 cm³/mol. The van der Waals surface area contributed by atoms with Crippen LogP contribution in [-0.2, 0) is 4.79 Å². The van der Waals surface area contributed by atoms with Gasteiger partial charge in [-0.1, -0.05) is 11.6 Å². The molecule has 0 saturated carbocycles. The lowest BCUT2D eigenvalue weighted by Crippen LogP contribution is -2.28. The zero-order valence-electron chi connectivity index (χ0n) is 8.37. The lowest BCUT2D eigenvalue weighted by molar-refractivity contribution is -0.117. The third kappa shape index (κ3) is 3.75. The molecule has 0 aromatic heterocycles. The Kier molecular flexibility index (Phi) is 4.64. The quantitative estimate of drug-likeness (QED) is 0.711. The number of nitrogens with two attached hydrogens (primary N) is 1. The second-order valence-electron chi connectivity index (χ2n) is 3.13. The van der Waals surface area contributed by atoms with Gasteiger partial charge in [-0.05, 0) is 18.2 Å². The molecule has 0 aliphatic rings. The molecule has 1 aromatic carbocycles. The van der Waals surface area contributed by atoms with Gasteiger partial charge >= 0.3 is 0 Å². The lowest BCUT2D eigenvalue weighted by Gasteiger charge is -2.06. The summed E-state index contributed by atoms with van der Waals surface area (Å²) in [6.45, 7) is 0.202. The molecule has 16 heavy (non-hydrogen) atoms. The number of primary amides is 1. The number of carbonyl (C=O) groups excluding carboxylic acids is 2. The summed E-state index contributed by atoms with van der Waals surface area (Å²) in [5, 5.41) is 3.01. The molecule has 0 unspecified atom stereocenters. The number of rotatable bonds is 4. The number of hydrogen-bond donors (Lipinski definition) is 3. The fourth-order valence-electron chi connectivity index (χ4n) is 1.08. The van der Waals surface area contributed by atoms with E-state index < -0.39 is 5.91 Å². The minimum Gasteiger partial charge on any atom is -0.370 e. The molecule has 1 rings (SSSR count). The van der Waals surface area contributed by atoms with Gasteiger partial charge in [-0.15, -0.1) is 12.6 Å². The van der Waals surface area contributed by atoms with E-state index in [0.29, 0.717) is 15.5 Å². The van der Waals surface area contributed by atoms with E-state index in [4.69, 9.17) is 17.3 Å². The minimum absolute atomic E-state index is 0.105. The van der Waals surface area contributed by atoms with E-state index in [-0.39, 0.29) is 18.9 Å². The molecule has 0 aliphatic heterocycles. The van der Waals surface area contributed by atoms with Crippen molar-refractivity contribution in [3.63, 3.8) is 0 Å². The number of nitrogens with one attached hydrogen (secondary N) is 1. The molecule has 0 radical (unpaired) electrons. The van der Waals surface area contributed by atoms with Crippen LogP contribution in [0, 0.1) is 0 Å². The first-order valence-electron chi connectivity index (χ1n) is 4.55. The normalized spacial score (nSPS) is 9.88. The van der Waals surface area contributed by atoms with Crippen LogP contribution in [0.25, 0.3) is 0 Å². The van der Waals surface area contributed by atoms with Gasteiger partial charge in [0.15, 0.2) is 0 Å². The van der Waals surface area contributed by atoms with Crippen molar-refractivity contribution in [3.05, 3.63) is 28.8 Å². The molecule has 6 heteroatoms. The van der Waals surface area contributed by atoms with Crippen molar-refractivity contribution >= 4 is 36.0 Å². The van der Waals surface area contributed by atoms with Crippen LogP contribution in [-0.4, -0.2) is 18.4 Å². The summed E-state index contributed by atoms with van der Waals surface area (Å²) in [5.41, 5.74) is 5.32. The molecule has 0 bridgehead atoms. The summed E-state index contributed by atoms with van der Waals surface area (Å²) in [6, 6.07) is 4.79. The number of carbonyl (C=O) groups is 2. The number of hydrogen-bond acceptors (Lipinski definition) is 3. The highest BCUT2D eigenvalue weighted by Gasteiger charge is 2.09. The minimum atomic E-state index is -0.461. The first kappa shape index (κ1) is 12.9. The van der Waals surface area contributed by atoms with Crippen molar-refractivity contribution < 1.29 is 9.59 Å². The van der Waals surface area contributed by atoms with E-state index in [2.05, 4.69) is 17.9 Å². The van der Waals surface area contributed by atoms with Gasteiger partial charge in [-0.25, -0.2) is 0 Å². The summed E-state index contributed by atoms with van der Waals surface area (Å²) in [6.07, 6.45) is 0.105. The van der Waals surface area contributed by atoms with Crippen LogP contribution in [0.15, 0.2) is 23.1 Å². The van der Waals surface area contributed by atoms with Crippen molar-refractivity contribution in [2.24, 2.45) is 5.73 Å². The van der Waals surface area contributed by atoms with Crippen molar-refractivity contribution in [2.75, 3.05) is 6.54 Å². The SMILES string of the molecule is NC(=O)CCNC(=O)c1cc(Cl)ccc1S. The van der Waals surface area contributed by atoms with Gasteiger partial charge < -0.3 is 11.1 Å². The van der Waals surface area contributed by atoms with Gasteiger partial charge in [0.05, 0.1) is 5.56 Å². The van der Waals surface area contributed by atoms with Crippen molar-refractivity contribution in [3.8, 4) is 0 Å². The Labute approximate surface area is 104 Å². The maximum Gasteiger partial charge on any atom is 0.252 e. The van der Waals surface area contributed by atoms with Gasteiger partial charge in [-0.2, -0.15) is 0 Å². The van der Waals surface area contributed by atoms with Crippen LogP contribution < -0.4 is 11.1 Å². The Hall–Kier alpha value is -1.20. The molecule has 0 saturated heterocycles. The predicted octanol–water partition coefficient (Wildman–Crippen LogP) is 1.23. The van der Waals surface area contributed by atoms with E-state index >= 15 is 0 Å². The van der Waals surface area contributed by atoms with Crippen molar-refractivity contribution in [1.82, 2.24) is 5.32 Å². The number of benzene rings is 1. The highest BCUT2D eigenvalue weighted by molar-refractivity contribution is 7.80. The van der Waals surface area contributed by atoms with Crippen LogP contribution >= 0.6 is 24.2 Å². The summed E-state index contributed by atoms with van der Waals surface area (Å²) >= 11 is 9.89. The molecular weight excluding hydrogens is 248 g/mol. The van der Waals surface area contributed by atoms with Crippen molar-refractivity contribution in [2.45, 2.75) is 11.3 Å². The maximum absolute atomic E-state index is 11.6. The zero-order chi connectivity index (χ0) is 12.1. The second kappa shape index (κ2) is 5.77. The molecule has 3 N–H and O–H groups in total. The average molecular weight is 259 g/mol. The van der Waals surface area contributed by atoms with Crippen LogP contribution in [0.2, 0.25) is 5.02 Å². The first-order chi connectivity index (χ1) is 7.50. The van der Waals surface area contributed by atoms with Gasteiger partial charge in [0.25, 0.3) is 5.91 Å². The summed E-state index contributed by atoms with van der Waals surface area (Å²) in [7, 11) is 0. The molecule has 4 nitrogen and oxygen atoms in total. The summed E-state index contributed by atoms with van der Waals surface area (Å²) in [4.78, 5) is 22.6. The Morgan fingerprint density at radius 1 is 1.44 bits per heavy atom. The van der Waals surface area contributed by atoms with Crippen molar-refractivity contribution in [1.29, 1.82) is 0 Å². The van der Waals surface area contributed by atoms with Crippen LogP contribution in [0.3, 0.4) is 0 Å². The van der Waals surface area contributed by atoms with E-state index in [1.165, 1.54) is 6.07 Å². The van der Waals surface area contributed by atoms with Gasteiger partial charge in [-0.3, -0.25) is 9.59 Å². The molecule has 0 spiro atoms. The Balaban J connectivity index is 2.65. The Morgan fingerprint density at radius 3 is 2.75 bits per heavy atom. The monoisotopic (exact) mass is 258 g/mol. The van der Waals surface area contributed by atoms with E-state index in [9.17, 15) is 9.59 Å². The highest BCUT2D eigenvalue weighted by atomic mass is 35.5. The molecule has 0 aliphatic carbocycles. The summed E-state index contributed by atoms with van der Waals surface area (Å²) < 4.78 is 0. The highest BCUT2D eigenvalue weighted by Crippen LogP contribution is 2.18. The Morgan fingerprint density at radius 2 is 2.12 bits per heavy atom. The second-order valence-corrected chi connectivity index (χ2v) is 4.05. The molecule has 0 heterocycles. The standard InChI is InChI=1S/C10H11ClN2O2S/c11-6-1-2-8(16)7(5-6)10(15)13-4-3-9(12)14/h1-2,5,16H,3-4H2,(H2,12,14)(H,13,15). The van der Waals surface area contributed by atoms with Gasteiger partial charge in [0.1, 0.15) is 0 Å². The van der Waals surface area contributed by atoms with E-state index in [1.54, 1.807) is 12.1 Å². The topological polar surface area (TPSA) is 72.2 Å². The molecule has 2 amide bonds. The smallest absolute Gasteiger partial charge is 0.252 e. The number of amides is 2. The maximum atomic E-state index is 11.6. The van der Waals surface area contributed by atoms with E-state index in [0.717, 1.165) is 0 Å². The molecule has 0 fully saturated rings. The van der Waals surface area contributed by atoms with Crippen LogP contribution in [0.5, 0.6) is 0 Å². The third-order valence-corrected chi connectivity index (χ3v) is 2.49. The number of thiol groups is 1. The largest absolute Gasteiger partial charge is 0.370 e. The molecular formula is C10H11ClN2O2S. The van der Waals surface area contributed by atoms with Gasteiger partial charge in [0, 0.05) is 22.9 Å². The molecule has 1 aromatic rings. The Bertz CT molecular complexity index is 423. The fourth-order valence-corrected chi connectivity index (χ4v) is 1.50. The molecule has 86 valence electrons. The lowest BCUT2D eigenvalue weighted by atomic mass is 10.2. The average Bonchev–Trinajstić information content (AvgIpc) is 2.21. The first-order valence-corrected chi connectivity index (χ1v) is 5.38. The zero-order valence-corrected chi connectivity index (χ0v) is 10.0. The fraction of sp³-hybridized carbons (Fsp3) is 0.200. The third-order valence-electron chi connectivity index (χ3n) is 1.86. The van der Waals surface area contributed by atoms with Crippen LogP contribution in [0.1, 0.15) is 16.8 Å². The molecule has 0 atom stereocenters. The van der Waals surface area contributed by atoms with Gasteiger partial charge in [0.2, 0.25) is 5.91 Å². The van der Waals surface area contributed by atoms with E-state index in [1.807, 2.05) is 0 Å². The number of halogens is 1. The van der Waals surface area contributed by atoms with Crippen LogP contribution in [0.4, 0.5) is 0 Å². The summed E-state index contributed by atoms with van der Waals surface area (Å²) in [5.74, 6) is -0.786.